The molecule has 1 N–H and O–H groups in total. The number of aromatic nitrogens is 1. The van der Waals surface area contributed by atoms with Crippen molar-refractivity contribution in [2.75, 3.05) is 4.90 Å². The molecule has 0 aliphatic carbocycles. The van der Waals surface area contributed by atoms with E-state index in [-0.39, 0.29) is 29.4 Å². The van der Waals surface area contributed by atoms with Crippen LogP contribution in [-0.4, -0.2) is 16.8 Å². The van der Waals surface area contributed by atoms with E-state index in [1.807, 2.05) is 0 Å². The van der Waals surface area contributed by atoms with E-state index < -0.39 is 5.82 Å². The highest BCUT2D eigenvalue weighted by Crippen LogP contribution is 2.31. The molecule has 1 atom stereocenters. The second kappa shape index (κ2) is 9.41. The summed E-state index contributed by atoms with van der Waals surface area (Å²) in [5.74, 6) is -1.60. The van der Waals surface area contributed by atoms with Crippen LogP contribution in [-0.2, 0) is 9.59 Å². The Kier molecular flexibility index (Phi) is 6.68. The normalized spacial score (nSPS) is 12.0. The average molecular weight is 427 g/mol. The van der Waals surface area contributed by atoms with Gasteiger partial charge >= 0.3 is 0 Å². The molecule has 0 aliphatic heterocycles. The van der Waals surface area contributed by atoms with Gasteiger partial charge in [-0.15, -0.1) is 11.3 Å². The van der Waals surface area contributed by atoms with Gasteiger partial charge in [-0.1, -0.05) is 24.3 Å². The van der Waals surface area contributed by atoms with Gasteiger partial charge in [0.1, 0.15) is 11.6 Å². The van der Waals surface area contributed by atoms with Crippen molar-refractivity contribution in [2.45, 2.75) is 19.9 Å². The van der Waals surface area contributed by atoms with Crippen molar-refractivity contribution < 1.29 is 18.4 Å². The number of anilines is 2. The van der Waals surface area contributed by atoms with Crippen molar-refractivity contribution in [3.63, 3.8) is 0 Å². The average Bonchev–Trinajstić information content (AvgIpc) is 3.17. The van der Waals surface area contributed by atoms with E-state index in [9.17, 15) is 18.4 Å². The number of thiazole rings is 1. The smallest absolute Gasteiger partial charge is 0.244 e. The Morgan fingerprint density at radius 1 is 1.13 bits per heavy atom. The molecule has 1 unspecified atom stereocenters. The zero-order chi connectivity index (χ0) is 21.7. The van der Waals surface area contributed by atoms with Crippen LogP contribution >= 0.6 is 11.3 Å². The lowest BCUT2D eigenvalue weighted by molar-refractivity contribution is -0.117. The quantitative estimate of drug-likeness (QED) is 0.564. The first-order valence-electron chi connectivity index (χ1n) is 9.10. The number of hydrogen-bond donors (Lipinski definition) is 1. The van der Waals surface area contributed by atoms with Crippen LogP contribution < -0.4 is 10.2 Å². The second-order valence-electron chi connectivity index (χ2n) is 6.48. The summed E-state index contributed by atoms with van der Waals surface area (Å²) in [5.41, 5.74) is 1.35. The molecule has 0 spiro atoms. The number of carbonyl (C=O) groups excluding carboxylic acids is 2. The van der Waals surface area contributed by atoms with Crippen LogP contribution in [0.15, 0.2) is 60.0 Å². The van der Waals surface area contributed by atoms with Crippen LogP contribution in [0, 0.1) is 11.6 Å². The number of hydrogen-bond acceptors (Lipinski definition) is 4. The molecule has 0 radical (unpaired) electrons. The van der Waals surface area contributed by atoms with E-state index in [0.29, 0.717) is 10.8 Å². The Hall–Kier alpha value is -3.39. The first kappa shape index (κ1) is 21.3. The molecule has 1 heterocycles. The number of benzene rings is 2. The van der Waals surface area contributed by atoms with Gasteiger partial charge in [0.2, 0.25) is 11.8 Å². The third-order valence-electron chi connectivity index (χ3n) is 4.24. The molecule has 0 aliphatic rings. The number of nitrogens with one attached hydrogen (secondary N) is 1. The van der Waals surface area contributed by atoms with Crippen LogP contribution in [0.5, 0.6) is 0 Å². The maximum atomic E-state index is 14.1. The summed E-state index contributed by atoms with van der Waals surface area (Å²) in [6, 6.07) is 11.5. The molecule has 0 bridgehead atoms. The van der Waals surface area contributed by atoms with Gasteiger partial charge in [0.25, 0.3) is 0 Å². The third kappa shape index (κ3) is 5.15. The van der Waals surface area contributed by atoms with Crippen LogP contribution in [0.3, 0.4) is 0 Å². The number of carbonyl (C=O) groups is 2. The molecular weight excluding hydrogens is 408 g/mol. The lowest BCUT2D eigenvalue weighted by Crippen LogP contribution is -2.24. The van der Waals surface area contributed by atoms with Crippen LogP contribution in [0.25, 0.3) is 6.08 Å². The summed E-state index contributed by atoms with van der Waals surface area (Å²) in [6.45, 7) is 3.12. The number of para-hydroxylation sites is 1. The van der Waals surface area contributed by atoms with Crippen molar-refractivity contribution >= 4 is 40.0 Å². The lowest BCUT2D eigenvalue weighted by atomic mass is 10.1. The fourth-order valence-corrected chi connectivity index (χ4v) is 3.60. The number of amides is 2. The predicted molar refractivity (Wildman–Crippen MR) is 113 cm³/mol. The predicted octanol–water partition coefficient (Wildman–Crippen LogP) is 5.00. The maximum Gasteiger partial charge on any atom is 0.244 e. The van der Waals surface area contributed by atoms with Gasteiger partial charge < -0.3 is 5.32 Å². The number of rotatable bonds is 6. The molecule has 5 nitrogen and oxygen atoms in total. The van der Waals surface area contributed by atoms with Crippen molar-refractivity contribution in [1.82, 2.24) is 10.3 Å². The van der Waals surface area contributed by atoms with Gasteiger partial charge in [-0.2, -0.15) is 0 Å². The largest absolute Gasteiger partial charge is 0.346 e. The first-order valence-corrected chi connectivity index (χ1v) is 9.98. The van der Waals surface area contributed by atoms with Crippen LogP contribution in [0.4, 0.5) is 19.6 Å². The Balaban J connectivity index is 1.70. The fraction of sp³-hybridized carbons (Fsp3) is 0.136. The summed E-state index contributed by atoms with van der Waals surface area (Å²) in [6.07, 6.45) is 2.83. The molecule has 0 saturated carbocycles. The Bertz CT molecular complexity index is 1080. The van der Waals surface area contributed by atoms with Gasteiger partial charge in [0, 0.05) is 18.4 Å². The van der Waals surface area contributed by atoms with Crippen molar-refractivity contribution in [1.29, 1.82) is 0 Å². The topological polar surface area (TPSA) is 62.3 Å². The second-order valence-corrected chi connectivity index (χ2v) is 7.31. The van der Waals surface area contributed by atoms with E-state index in [4.69, 9.17) is 0 Å². The summed E-state index contributed by atoms with van der Waals surface area (Å²) in [7, 11) is 0. The van der Waals surface area contributed by atoms with Gasteiger partial charge in [0.15, 0.2) is 5.13 Å². The highest BCUT2D eigenvalue weighted by Gasteiger charge is 2.20. The summed E-state index contributed by atoms with van der Waals surface area (Å²) < 4.78 is 27.1. The summed E-state index contributed by atoms with van der Waals surface area (Å²) in [4.78, 5) is 29.7. The molecule has 2 amide bonds. The molecular formula is C22H19F2N3O2S. The first-order chi connectivity index (χ1) is 14.3. The van der Waals surface area contributed by atoms with Gasteiger partial charge in [-0.05, 0) is 42.8 Å². The minimum atomic E-state index is -0.533. The summed E-state index contributed by atoms with van der Waals surface area (Å²) >= 11 is 1.16. The van der Waals surface area contributed by atoms with Crippen LogP contribution in [0.1, 0.15) is 31.1 Å². The van der Waals surface area contributed by atoms with Crippen molar-refractivity contribution in [3.05, 3.63) is 82.9 Å². The third-order valence-corrected chi connectivity index (χ3v) is 5.09. The van der Waals surface area contributed by atoms with E-state index in [1.54, 1.807) is 36.6 Å². The molecule has 3 rings (SSSR count). The van der Waals surface area contributed by atoms with E-state index >= 15 is 0 Å². The minimum Gasteiger partial charge on any atom is -0.346 e. The maximum absolute atomic E-state index is 14.1. The summed E-state index contributed by atoms with van der Waals surface area (Å²) in [5, 5.41) is 4.74. The number of halogens is 2. The van der Waals surface area contributed by atoms with E-state index in [0.717, 1.165) is 16.9 Å². The van der Waals surface area contributed by atoms with Gasteiger partial charge in [-0.25, -0.2) is 13.8 Å². The number of nitrogens with zero attached hydrogens (tertiary/aromatic N) is 2. The molecule has 0 fully saturated rings. The monoisotopic (exact) mass is 427 g/mol. The molecule has 2 aromatic carbocycles. The molecule has 30 heavy (non-hydrogen) atoms. The molecule has 8 heteroatoms. The Labute approximate surface area is 176 Å². The molecule has 3 aromatic rings. The van der Waals surface area contributed by atoms with Crippen molar-refractivity contribution in [2.24, 2.45) is 0 Å². The highest BCUT2D eigenvalue weighted by molar-refractivity contribution is 7.14. The van der Waals surface area contributed by atoms with Crippen LogP contribution in [0.2, 0.25) is 0 Å². The molecule has 0 saturated heterocycles. The minimum absolute atomic E-state index is 0.112. The fourth-order valence-electron chi connectivity index (χ4n) is 2.75. The van der Waals surface area contributed by atoms with E-state index in [1.165, 1.54) is 48.2 Å². The van der Waals surface area contributed by atoms with E-state index in [2.05, 4.69) is 10.3 Å². The van der Waals surface area contributed by atoms with Gasteiger partial charge in [0.05, 0.1) is 17.4 Å². The highest BCUT2D eigenvalue weighted by atomic mass is 32.1. The standard InChI is InChI=1S/C22H19F2N3O2S/c1-14(16-7-9-17(23)10-8-16)25-21(29)12-11-18-13-30-22(26-18)27(15(2)28)20-6-4-3-5-19(20)24/h3-14H,1-2H3,(H,25,29)/b12-11+. The Morgan fingerprint density at radius 2 is 1.83 bits per heavy atom. The lowest BCUT2D eigenvalue weighted by Gasteiger charge is -2.18. The SMILES string of the molecule is CC(=O)N(c1nc(/C=C/C(=O)NC(C)c2ccc(F)cc2)cs1)c1ccccc1F. The molecule has 154 valence electrons. The Morgan fingerprint density at radius 3 is 2.50 bits per heavy atom. The van der Waals surface area contributed by atoms with Gasteiger partial charge in [-0.3, -0.25) is 14.5 Å². The molecule has 1 aromatic heterocycles. The zero-order valence-electron chi connectivity index (χ0n) is 16.3. The van der Waals surface area contributed by atoms with Crippen molar-refractivity contribution in [3.8, 4) is 0 Å². The zero-order valence-corrected chi connectivity index (χ0v) is 17.1.